The molecule has 0 amide bonds. The van der Waals surface area contributed by atoms with Gasteiger partial charge >= 0.3 is 0 Å². The van der Waals surface area contributed by atoms with Crippen molar-refractivity contribution in [3.63, 3.8) is 0 Å². The first-order chi connectivity index (χ1) is 17.5. The highest BCUT2D eigenvalue weighted by Gasteiger charge is 2.25. The van der Waals surface area contributed by atoms with Crippen molar-refractivity contribution in [2.24, 2.45) is 0 Å². The van der Waals surface area contributed by atoms with E-state index in [4.69, 9.17) is 54.8 Å². The van der Waals surface area contributed by atoms with E-state index < -0.39 is 33.5 Å². The van der Waals surface area contributed by atoms with E-state index in [1.807, 2.05) is 0 Å². The Morgan fingerprint density at radius 3 is 1.76 bits per heavy atom. The molecule has 15 heteroatoms. The highest BCUT2D eigenvalue weighted by Crippen LogP contribution is 2.29. The second-order valence-electron chi connectivity index (χ2n) is 7.31. The Morgan fingerprint density at radius 2 is 1.22 bits per heavy atom. The third kappa shape index (κ3) is 6.44. The molecule has 0 saturated carbocycles. The minimum atomic E-state index is -4.38. The van der Waals surface area contributed by atoms with Crippen molar-refractivity contribution in [2.45, 2.75) is 23.0 Å². The third-order valence-electron chi connectivity index (χ3n) is 4.87. The number of halogens is 4. The summed E-state index contributed by atoms with van der Waals surface area (Å²) in [7, 11) is -8.74. The van der Waals surface area contributed by atoms with Crippen LogP contribution in [0.4, 0.5) is 0 Å². The Kier molecular flexibility index (Phi) is 8.46. The summed E-state index contributed by atoms with van der Waals surface area (Å²) in [5.74, 6) is 0. The van der Waals surface area contributed by atoms with Gasteiger partial charge in [-0.25, -0.2) is 4.68 Å². The molecule has 0 atom stereocenters. The van der Waals surface area contributed by atoms with Crippen LogP contribution >= 0.6 is 46.4 Å². The Hall–Kier alpha value is -2.22. The Balaban J connectivity index is 1.65. The minimum absolute atomic E-state index is 0.00188. The Bertz CT molecular complexity index is 1660. The molecule has 0 fully saturated rings. The van der Waals surface area contributed by atoms with E-state index in [0.717, 1.165) is 12.1 Å². The standard InChI is InChI=1S/C22H15Cl4N3O6S2/c23-14-6-8-17(25)21(10-14)36(30,31)34-12-19-20(29(28-27-19)16-4-2-1-3-5-16)13-35-37(32,33)22-11-15(24)7-9-18(22)26/h1-11H,12-13H2. The Morgan fingerprint density at radius 1 is 0.703 bits per heavy atom. The molecule has 4 rings (SSSR count). The first-order valence-corrected chi connectivity index (χ1v) is 14.5. The zero-order chi connectivity index (χ0) is 26.8. The van der Waals surface area contributed by atoms with Gasteiger partial charge in [-0.15, -0.1) is 5.10 Å². The topological polar surface area (TPSA) is 117 Å². The maximum absolute atomic E-state index is 12.9. The molecule has 0 aliphatic carbocycles. The van der Waals surface area contributed by atoms with Gasteiger partial charge in [0.25, 0.3) is 20.2 Å². The predicted molar refractivity (Wildman–Crippen MR) is 138 cm³/mol. The lowest BCUT2D eigenvalue weighted by Gasteiger charge is -2.11. The fourth-order valence-corrected chi connectivity index (χ4v) is 6.32. The number of hydrogen-bond acceptors (Lipinski definition) is 8. The lowest BCUT2D eigenvalue weighted by atomic mass is 10.3. The third-order valence-corrected chi connectivity index (χ3v) is 8.83. The second-order valence-corrected chi connectivity index (χ2v) is 12.2. The number of para-hydroxylation sites is 1. The van der Waals surface area contributed by atoms with E-state index in [2.05, 4.69) is 10.3 Å². The molecule has 0 aliphatic heterocycles. The number of aromatic nitrogens is 3. The van der Waals surface area contributed by atoms with E-state index >= 15 is 0 Å². The molecule has 3 aromatic carbocycles. The van der Waals surface area contributed by atoms with Gasteiger partial charge in [-0.1, -0.05) is 69.8 Å². The maximum Gasteiger partial charge on any atom is 0.298 e. The number of benzene rings is 3. The Labute approximate surface area is 232 Å². The first-order valence-electron chi connectivity index (χ1n) is 10.2. The van der Waals surface area contributed by atoms with Gasteiger partial charge in [0.15, 0.2) is 0 Å². The molecule has 0 saturated heterocycles. The van der Waals surface area contributed by atoms with Crippen molar-refractivity contribution in [2.75, 3.05) is 0 Å². The lowest BCUT2D eigenvalue weighted by Crippen LogP contribution is -2.13. The highest BCUT2D eigenvalue weighted by molar-refractivity contribution is 7.87. The molecule has 0 N–H and O–H groups in total. The van der Waals surface area contributed by atoms with Gasteiger partial charge < -0.3 is 0 Å². The quantitative estimate of drug-likeness (QED) is 0.218. The van der Waals surface area contributed by atoms with Gasteiger partial charge in [0.05, 0.1) is 21.4 Å². The fourth-order valence-electron chi connectivity index (χ4n) is 3.10. The number of rotatable bonds is 9. The molecular formula is C22H15Cl4N3O6S2. The highest BCUT2D eigenvalue weighted by atomic mass is 35.5. The molecule has 0 aliphatic rings. The van der Waals surface area contributed by atoms with Crippen LogP contribution in [-0.2, 0) is 41.8 Å². The fraction of sp³-hybridized carbons (Fsp3) is 0.0909. The average Bonchev–Trinajstić information content (AvgIpc) is 3.28. The van der Waals surface area contributed by atoms with Gasteiger partial charge in [-0.2, -0.15) is 16.8 Å². The first kappa shape index (κ1) is 27.8. The van der Waals surface area contributed by atoms with E-state index in [1.165, 1.54) is 28.9 Å². The van der Waals surface area contributed by atoms with Crippen LogP contribution in [-0.4, -0.2) is 31.8 Å². The summed E-state index contributed by atoms with van der Waals surface area (Å²) < 4.78 is 62.9. The van der Waals surface area contributed by atoms with Crippen LogP contribution in [0, 0.1) is 0 Å². The number of hydrogen-bond donors (Lipinski definition) is 0. The van der Waals surface area contributed by atoms with Crippen molar-refractivity contribution in [3.05, 3.63) is 98.2 Å². The van der Waals surface area contributed by atoms with Crippen molar-refractivity contribution in [3.8, 4) is 5.69 Å². The van der Waals surface area contributed by atoms with Crippen molar-refractivity contribution in [1.82, 2.24) is 15.0 Å². The van der Waals surface area contributed by atoms with Crippen LogP contribution in [0.5, 0.6) is 0 Å². The van der Waals surface area contributed by atoms with Crippen molar-refractivity contribution < 1.29 is 25.2 Å². The molecule has 0 spiro atoms. The number of nitrogens with zero attached hydrogens (tertiary/aromatic N) is 3. The molecule has 0 bridgehead atoms. The molecule has 9 nitrogen and oxygen atoms in total. The summed E-state index contributed by atoms with van der Waals surface area (Å²) in [5.41, 5.74) is 0.622. The second kappa shape index (κ2) is 11.3. The molecular weight excluding hydrogens is 608 g/mol. The van der Waals surface area contributed by atoms with Gasteiger partial charge in [0.2, 0.25) is 0 Å². The monoisotopic (exact) mass is 621 g/mol. The van der Waals surface area contributed by atoms with E-state index in [0.29, 0.717) is 5.69 Å². The zero-order valence-corrected chi connectivity index (χ0v) is 23.0. The van der Waals surface area contributed by atoms with Crippen LogP contribution in [0.1, 0.15) is 11.4 Å². The molecule has 0 unspecified atom stereocenters. The van der Waals surface area contributed by atoms with Gasteiger partial charge in [0, 0.05) is 10.0 Å². The lowest BCUT2D eigenvalue weighted by molar-refractivity contribution is 0.282. The molecule has 37 heavy (non-hydrogen) atoms. The summed E-state index contributed by atoms with van der Waals surface area (Å²) in [6.45, 7) is -1.18. The molecule has 1 heterocycles. The van der Waals surface area contributed by atoms with Crippen LogP contribution in [0.25, 0.3) is 5.69 Å². The normalized spacial score (nSPS) is 12.1. The molecule has 1 aromatic heterocycles. The predicted octanol–water partition coefficient (Wildman–Crippen LogP) is 5.69. The molecule has 4 aromatic rings. The largest absolute Gasteiger partial charge is 0.298 e. The molecule has 194 valence electrons. The van der Waals surface area contributed by atoms with Crippen LogP contribution in [0.2, 0.25) is 20.1 Å². The van der Waals surface area contributed by atoms with Gasteiger partial charge in [-0.3, -0.25) is 8.37 Å². The molecule has 0 radical (unpaired) electrons. The summed E-state index contributed by atoms with van der Waals surface area (Å²) >= 11 is 23.8. The van der Waals surface area contributed by atoms with E-state index in [9.17, 15) is 16.8 Å². The SMILES string of the molecule is O=S(=O)(OCc1nnn(-c2ccccc2)c1COS(=O)(=O)c1cc(Cl)ccc1Cl)c1cc(Cl)ccc1Cl. The van der Waals surface area contributed by atoms with E-state index in [-0.39, 0.29) is 41.3 Å². The van der Waals surface area contributed by atoms with E-state index in [1.54, 1.807) is 30.3 Å². The maximum atomic E-state index is 12.9. The summed E-state index contributed by atoms with van der Waals surface area (Å²) in [6, 6.07) is 16.4. The van der Waals surface area contributed by atoms with Crippen molar-refractivity contribution in [1.29, 1.82) is 0 Å². The van der Waals surface area contributed by atoms with Crippen LogP contribution in [0.15, 0.2) is 76.5 Å². The smallest absolute Gasteiger partial charge is 0.260 e. The summed E-state index contributed by atoms with van der Waals surface area (Å²) in [6.07, 6.45) is 0. The van der Waals surface area contributed by atoms with Crippen LogP contribution in [0.3, 0.4) is 0 Å². The average molecular weight is 623 g/mol. The van der Waals surface area contributed by atoms with Gasteiger partial charge in [-0.05, 0) is 48.5 Å². The van der Waals surface area contributed by atoms with Crippen LogP contribution < -0.4 is 0 Å². The van der Waals surface area contributed by atoms with Gasteiger partial charge in [0.1, 0.15) is 28.7 Å². The zero-order valence-electron chi connectivity index (χ0n) is 18.4. The van der Waals surface area contributed by atoms with Crippen molar-refractivity contribution >= 4 is 66.6 Å². The summed E-state index contributed by atoms with van der Waals surface area (Å²) in [4.78, 5) is -0.676. The minimum Gasteiger partial charge on any atom is -0.260 e. The summed E-state index contributed by atoms with van der Waals surface area (Å²) in [5, 5.41) is 8.09.